The first kappa shape index (κ1) is 11.9. The topological polar surface area (TPSA) is 39.1 Å². The van der Waals surface area contributed by atoms with Gasteiger partial charge in [0.25, 0.3) is 0 Å². The van der Waals surface area contributed by atoms with Gasteiger partial charge in [-0.3, -0.25) is 0 Å². The van der Waals surface area contributed by atoms with Gasteiger partial charge in [0.05, 0.1) is 11.3 Å². The number of hydrogen-bond donors (Lipinski definition) is 1. The molecule has 0 aliphatic carbocycles. The minimum Gasteiger partial charge on any atom is -0.383 e. The van der Waals surface area contributed by atoms with Gasteiger partial charge in [-0.2, -0.15) is 5.26 Å². The Balaban J connectivity index is 1.88. The first-order chi connectivity index (χ1) is 8.29. The number of likely N-dealkylation sites (tertiary alicyclic amines) is 1. The molecule has 0 atom stereocenters. The lowest BCUT2D eigenvalue weighted by atomic mass is 10.1. The summed E-state index contributed by atoms with van der Waals surface area (Å²) in [4.78, 5) is 2.47. The molecule has 2 rings (SSSR count). The van der Waals surface area contributed by atoms with Gasteiger partial charge in [0.2, 0.25) is 0 Å². The standard InChI is InChI=1S/C14H19N3/c1-12-4-5-14(13(10-12)11-15)16-6-9-17-7-2-3-8-17/h4-5,10,16H,2-3,6-9H2,1H3. The van der Waals surface area contributed by atoms with Crippen molar-refractivity contribution < 1.29 is 0 Å². The molecule has 3 heteroatoms. The Morgan fingerprint density at radius 3 is 2.82 bits per heavy atom. The van der Waals surface area contributed by atoms with E-state index in [4.69, 9.17) is 5.26 Å². The van der Waals surface area contributed by atoms with Crippen LogP contribution >= 0.6 is 0 Å². The highest BCUT2D eigenvalue weighted by Gasteiger charge is 2.10. The van der Waals surface area contributed by atoms with Crippen molar-refractivity contribution in [2.24, 2.45) is 0 Å². The second kappa shape index (κ2) is 5.70. The predicted octanol–water partition coefficient (Wildman–Crippen LogP) is 2.37. The number of aryl methyl sites for hydroxylation is 1. The average Bonchev–Trinajstić information content (AvgIpc) is 2.84. The first-order valence-corrected chi connectivity index (χ1v) is 6.26. The molecule has 0 saturated carbocycles. The molecular formula is C14H19N3. The van der Waals surface area contributed by atoms with Gasteiger partial charge in [0.15, 0.2) is 0 Å². The summed E-state index contributed by atoms with van der Waals surface area (Å²) in [5.41, 5.74) is 2.83. The van der Waals surface area contributed by atoms with Gasteiger partial charge in [0.1, 0.15) is 6.07 Å². The van der Waals surface area contributed by atoms with Crippen molar-refractivity contribution in [2.45, 2.75) is 19.8 Å². The van der Waals surface area contributed by atoms with E-state index in [1.807, 2.05) is 25.1 Å². The van der Waals surface area contributed by atoms with Crippen molar-refractivity contribution in [1.29, 1.82) is 5.26 Å². The molecule has 1 fully saturated rings. The van der Waals surface area contributed by atoms with Crippen LogP contribution in [-0.2, 0) is 0 Å². The summed E-state index contributed by atoms with van der Waals surface area (Å²) in [7, 11) is 0. The quantitative estimate of drug-likeness (QED) is 0.861. The Bertz CT molecular complexity index is 414. The fourth-order valence-electron chi connectivity index (χ4n) is 2.26. The van der Waals surface area contributed by atoms with E-state index in [1.54, 1.807) is 0 Å². The Hall–Kier alpha value is -1.53. The lowest BCUT2D eigenvalue weighted by Crippen LogP contribution is -2.26. The highest BCUT2D eigenvalue weighted by atomic mass is 15.1. The van der Waals surface area contributed by atoms with Crippen molar-refractivity contribution in [3.63, 3.8) is 0 Å². The first-order valence-electron chi connectivity index (χ1n) is 6.26. The number of rotatable bonds is 4. The summed E-state index contributed by atoms with van der Waals surface area (Å²) in [6.07, 6.45) is 2.65. The highest BCUT2D eigenvalue weighted by Crippen LogP contribution is 2.16. The van der Waals surface area contributed by atoms with Crippen LogP contribution in [-0.4, -0.2) is 31.1 Å². The molecule has 0 amide bonds. The zero-order chi connectivity index (χ0) is 12.1. The van der Waals surface area contributed by atoms with Gasteiger partial charge < -0.3 is 10.2 Å². The lowest BCUT2D eigenvalue weighted by Gasteiger charge is -2.15. The molecule has 1 N–H and O–H groups in total. The van der Waals surface area contributed by atoms with Gasteiger partial charge in [-0.15, -0.1) is 0 Å². The molecule has 0 radical (unpaired) electrons. The molecule has 17 heavy (non-hydrogen) atoms. The number of nitriles is 1. The molecule has 1 aromatic carbocycles. The molecule has 1 saturated heterocycles. The number of benzene rings is 1. The van der Waals surface area contributed by atoms with Crippen LogP contribution in [0.2, 0.25) is 0 Å². The smallest absolute Gasteiger partial charge is 0.101 e. The van der Waals surface area contributed by atoms with Crippen LogP contribution < -0.4 is 5.32 Å². The third kappa shape index (κ3) is 3.21. The normalized spacial score (nSPS) is 15.8. The number of hydrogen-bond acceptors (Lipinski definition) is 3. The monoisotopic (exact) mass is 229 g/mol. The minimum atomic E-state index is 0.742. The van der Waals surface area contributed by atoms with Crippen LogP contribution in [0, 0.1) is 18.3 Å². The zero-order valence-electron chi connectivity index (χ0n) is 10.4. The summed E-state index contributed by atoms with van der Waals surface area (Å²) >= 11 is 0. The van der Waals surface area contributed by atoms with Crippen LogP contribution in [0.3, 0.4) is 0 Å². The van der Waals surface area contributed by atoms with Gasteiger partial charge in [0, 0.05) is 13.1 Å². The number of nitrogens with zero attached hydrogens (tertiary/aromatic N) is 2. The largest absolute Gasteiger partial charge is 0.383 e. The second-order valence-corrected chi connectivity index (χ2v) is 4.64. The molecule has 3 nitrogen and oxygen atoms in total. The Morgan fingerprint density at radius 1 is 1.35 bits per heavy atom. The Kier molecular flexibility index (Phi) is 4.00. The third-order valence-electron chi connectivity index (χ3n) is 3.24. The predicted molar refractivity (Wildman–Crippen MR) is 70.1 cm³/mol. The molecule has 1 heterocycles. The summed E-state index contributed by atoms with van der Waals surface area (Å²) in [5, 5.41) is 12.4. The molecule has 0 aromatic heterocycles. The molecular weight excluding hydrogens is 210 g/mol. The molecule has 0 unspecified atom stereocenters. The van der Waals surface area contributed by atoms with Crippen LogP contribution in [0.4, 0.5) is 5.69 Å². The van der Waals surface area contributed by atoms with E-state index in [-0.39, 0.29) is 0 Å². The minimum absolute atomic E-state index is 0.742. The summed E-state index contributed by atoms with van der Waals surface area (Å²) < 4.78 is 0. The van der Waals surface area contributed by atoms with Crippen LogP contribution in [0.25, 0.3) is 0 Å². The number of nitrogens with one attached hydrogen (secondary N) is 1. The lowest BCUT2D eigenvalue weighted by molar-refractivity contribution is 0.352. The maximum atomic E-state index is 9.05. The van der Waals surface area contributed by atoms with E-state index in [2.05, 4.69) is 16.3 Å². The van der Waals surface area contributed by atoms with E-state index in [1.165, 1.54) is 25.9 Å². The summed E-state index contributed by atoms with van der Waals surface area (Å²) in [6.45, 7) is 6.44. The van der Waals surface area contributed by atoms with Crippen LogP contribution in [0.5, 0.6) is 0 Å². The summed E-state index contributed by atoms with van der Waals surface area (Å²) in [5.74, 6) is 0. The summed E-state index contributed by atoms with van der Waals surface area (Å²) in [6, 6.07) is 8.21. The van der Waals surface area contributed by atoms with Crippen molar-refractivity contribution in [2.75, 3.05) is 31.5 Å². The van der Waals surface area contributed by atoms with Crippen molar-refractivity contribution in [1.82, 2.24) is 4.90 Å². The molecule has 0 bridgehead atoms. The van der Waals surface area contributed by atoms with Crippen LogP contribution in [0.15, 0.2) is 18.2 Å². The van der Waals surface area contributed by atoms with Gasteiger partial charge in [-0.05, 0) is 50.6 Å². The SMILES string of the molecule is Cc1ccc(NCCN2CCCC2)c(C#N)c1. The van der Waals surface area contributed by atoms with E-state index in [9.17, 15) is 0 Å². The number of anilines is 1. The van der Waals surface area contributed by atoms with Crippen molar-refractivity contribution in [3.05, 3.63) is 29.3 Å². The van der Waals surface area contributed by atoms with Crippen molar-refractivity contribution in [3.8, 4) is 6.07 Å². The molecule has 90 valence electrons. The maximum Gasteiger partial charge on any atom is 0.101 e. The Labute approximate surface area is 103 Å². The molecule has 1 aliphatic heterocycles. The van der Waals surface area contributed by atoms with E-state index < -0.39 is 0 Å². The van der Waals surface area contributed by atoms with E-state index in [0.29, 0.717) is 0 Å². The van der Waals surface area contributed by atoms with Gasteiger partial charge in [-0.1, -0.05) is 6.07 Å². The van der Waals surface area contributed by atoms with Crippen molar-refractivity contribution >= 4 is 5.69 Å². The zero-order valence-corrected chi connectivity index (χ0v) is 10.4. The fraction of sp³-hybridized carbons (Fsp3) is 0.500. The third-order valence-corrected chi connectivity index (χ3v) is 3.24. The maximum absolute atomic E-state index is 9.05. The van der Waals surface area contributed by atoms with Crippen LogP contribution in [0.1, 0.15) is 24.0 Å². The second-order valence-electron chi connectivity index (χ2n) is 4.64. The molecule has 1 aliphatic rings. The highest BCUT2D eigenvalue weighted by molar-refractivity contribution is 5.58. The van der Waals surface area contributed by atoms with Gasteiger partial charge >= 0.3 is 0 Å². The molecule has 0 spiro atoms. The Morgan fingerprint density at radius 2 is 2.12 bits per heavy atom. The molecule has 1 aromatic rings. The van der Waals surface area contributed by atoms with E-state index >= 15 is 0 Å². The fourth-order valence-corrected chi connectivity index (χ4v) is 2.26. The average molecular weight is 229 g/mol. The van der Waals surface area contributed by atoms with E-state index in [0.717, 1.165) is 29.9 Å². The van der Waals surface area contributed by atoms with Gasteiger partial charge in [-0.25, -0.2) is 0 Å².